The third-order valence-corrected chi connectivity index (χ3v) is 4.94. The molecule has 0 spiro atoms. The Bertz CT molecular complexity index is 730. The molecule has 0 fully saturated rings. The minimum Gasteiger partial charge on any atom is -0.508 e. The van der Waals surface area contributed by atoms with Gasteiger partial charge in [-0.1, -0.05) is 23.9 Å². The molecule has 132 valence electrons. The van der Waals surface area contributed by atoms with Crippen LogP contribution in [0.25, 0.3) is 0 Å². The van der Waals surface area contributed by atoms with Crippen LogP contribution in [0.5, 0.6) is 5.75 Å². The van der Waals surface area contributed by atoms with Crippen molar-refractivity contribution in [1.29, 1.82) is 0 Å². The summed E-state index contributed by atoms with van der Waals surface area (Å²) >= 11 is 1.52. The molecule has 8 heteroatoms. The zero-order chi connectivity index (χ0) is 17.8. The van der Waals surface area contributed by atoms with E-state index in [9.17, 15) is 14.7 Å². The predicted octanol–water partition coefficient (Wildman–Crippen LogP) is 1.24. The lowest BCUT2D eigenvalue weighted by atomic mass is 10.1. The number of nitrogens with zero attached hydrogens (tertiary/aromatic N) is 2. The summed E-state index contributed by atoms with van der Waals surface area (Å²) < 4.78 is 4.80. The van der Waals surface area contributed by atoms with Crippen molar-refractivity contribution in [3.8, 4) is 5.75 Å². The Hall–Kier alpha value is -2.48. The number of rotatable bonds is 6. The van der Waals surface area contributed by atoms with Crippen molar-refractivity contribution in [2.45, 2.75) is 18.9 Å². The molecular weight excluding hydrogens is 342 g/mol. The number of aliphatic imine (C=N–C) groups is 1. The average molecular weight is 361 g/mol. The molecule has 1 aromatic rings. The maximum Gasteiger partial charge on any atom is 0.328 e. The summed E-state index contributed by atoms with van der Waals surface area (Å²) in [5, 5.41) is 14.9. The lowest BCUT2D eigenvalue weighted by Gasteiger charge is -2.19. The van der Waals surface area contributed by atoms with Gasteiger partial charge in [-0.15, -0.1) is 0 Å². The summed E-state index contributed by atoms with van der Waals surface area (Å²) in [5.74, 6) is -0.593. The lowest BCUT2D eigenvalue weighted by molar-refractivity contribution is -0.145. The topological polar surface area (TPSA) is 91.2 Å². The Morgan fingerprint density at radius 2 is 2.16 bits per heavy atom. The van der Waals surface area contributed by atoms with Gasteiger partial charge in [0, 0.05) is 18.7 Å². The SMILES string of the molecule is COC(=O)C(Cc1ccc(O)cc1)NC(=O)CC1=CSC2=NCCN12. The first-order valence-corrected chi connectivity index (χ1v) is 8.77. The normalized spacial score (nSPS) is 16.8. The van der Waals surface area contributed by atoms with Gasteiger partial charge in [0.1, 0.15) is 11.8 Å². The third-order valence-electron chi connectivity index (χ3n) is 3.99. The van der Waals surface area contributed by atoms with E-state index >= 15 is 0 Å². The van der Waals surface area contributed by atoms with Crippen LogP contribution in [0.1, 0.15) is 12.0 Å². The number of phenolic OH excluding ortho intramolecular Hbond substituents is 1. The second-order valence-electron chi connectivity index (χ2n) is 5.73. The number of aromatic hydroxyl groups is 1. The largest absolute Gasteiger partial charge is 0.508 e. The number of carbonyl (C=O) groups excluding carboxylic acids is 2. The Kier molecular flexibility index (Phi) is 5.28. The molecule has 0 aliphatic carbocycles. The maximum absolute atomic E-state index is 12.4. The van der Waals surface area contributed by atoms with Gasteiger partial charge in [-0.25, -0.2) is 4.79 Å². The maximum atomic E-state index is 12.4. The molecule has 0 aromatic heterocycles. The van der Waals surface area contributed by atoms with E-state index in [1.165, 1.54) is 18.9 Å². The predicted molar refractivity (Wildman–Crippen MR) is 95.1 cm³/mol. The summed E-state index contributed by atoms with van der Waals surface area (Å²) in [6.07, 6.45) is 0.484. The van der Waals surface area contributed by atoms with Crippen LogP contribution in [0, 0.1) is 0 Å². The van der Waals surface area contributed by atoms with Gasteiger partial charge >= 0.3 is 5.97 Å². The molecule has 1 amide bonds. The number of phenols is 1. The van der Waals surface area contributed by atoms with E-state index < -0.39 is 12.0 Å². The molecule has 2 heterocycles. The number of amidine groups is 1. The van der Waals surface area contributed by atoms with Crippen molar-refractivity contribution in [1.82, 2.24) is 10.2 Å². The Balaban J connectivity index is 1.61. The van der Waals surface area contributed by atoms with Gasteiger partial charge < -0.3 is 20.1 Å². The molecule has 0 bridgehead atoms. The van der Waals surface area contributed by atoms with Crippen molar-refractivity contribution in [3.63, 3.8) is 0 Å². The second-order valence-corrected chi connectivity index (χ2v) is 6.57. The number of carbonyl (C=O) groups is 2. The fraction of sp³-hybridized carbons (Fsp3) is 0.353. The van der Waals surface area contributed by atoms with Gasteiger partial charge in [0.05, 0.1) is 20.1 Å². The first kappa shape index (κ1) is 17.3. The van der Waals surface area contributed by atoms with Gasteiger partial charge in [-0.3, -0.25) is 9.79 Å². The monoisotopic (exact) mass is 361 g/mol. The Morgan fingerprint density at radius 1 is 1.40 bits per heavy atom. The highest BCUT2D eigenvalue weighted by atomic mass is 32.2. The highest BCUT2D eigenvalue weighted by molar-refractivity contribution is 8.16. The third kappa shape index (κ3) is 4.14. The molecular formula is C17H19N3O4S. The number of hydrogen-bond acceptors (Lipinski definition) is 7. The fourth-order valence-corrected chi connectivity index (χ4v) is 3.68. The number of thioether (sulfide) groups is 1. The van der Waals surface area contributed by atoms with E-state index in [1.54, 1.807) is 24.3 Å². The van der Waals surface area contributed by atoms with Gasteiger partial charge in [0.25, 0.3) is 0 Å². The quantitative estimate of drug-likeness (QED) is 0.741. The van der Waals surface area contributed by atoms with Crippen LogP contribution in [0.3, 0.4) is 0 Å². The molecule has 1 aromatic carbocycles. The van der Waals surface area contributed by atoms with E-state index in [1.807, 2.05) is 10.3 Å². The number of hydrogen-bond donors (Lipinski definition) is 2. The molecule has 7 nitrogen and oxygen atoms in total. The first-order chi connectivity index (χ1) is 12.1. The van der Waals surface area contributed by atoms with Gasteiger partial charge in [-0.2, -0.15) is 0 Å². The van der Waals surface area contributed by atoms with Crippen LogP contribution in [0.2, 0.25) is 0 Å². The number of fused-ring (bicyclic) bond motifs is 1. The van der Waals surface area contributed by atoms with Crippen LogP contribution in [-0.4, -0.2) is 53.3 Å². The van der Waals surface area contributed by atoms with Crippen molar-refractivity contribution in [2.75, 3.05) is 20.2 Å². The summed E-state index contributed by atoms with van der Waals surface area (Å²) in [6, 6.07) is 5.73. The van der Waals surface area contributed by atoms with Crippen LogP contribution in [-0.2, 0) is 20.7 Å². The van der Waals surface area contributed by atoms with Gasteiger partial charge in [-0.05, 0) is 23.1 Å². The molecule has 2 N–H and O–H groups in total. The molecule has 0 saturated carbocycles. The fourth-order valence-electron chi connectivity index (χ4n) is 2.73. The first-order valence-electron chi connectivity index (χ1n) is 7.89. The van der Waals surface area contributed by atoms with E-state index in [-0.39, 0.29) is 18.1 Å². The van der Waals surface area contributed by atoms with E-state index in [0.717, 1.165) is 29.5 Å². The molecule has 0 radical (unpaired) electrons. The lowest BCUT2D eigenvalue weighted by Crippen LogP contribution is -2.43. The number of amides is 1. The molecule has 2 aliphatic rings. The van der Waals surface area contributed by atoms with Crippen molar-refractivity contribution in [3.05, 3.63) is 40.9 Å². The van der Waals surface area contributed by atoms with Crippen LogP contribution in [0.15, 0.2) is 40.4 Å². The van der Waals surface area contributed by atoms with Gasteiger partial charge in [0.2, 0.25) is 5.91 Å². The zero-order valence-corrected chi connectivity index (χ0v) is 14.6. The number of benzene rings is 1. The Morgan fingerprint density at radius 3 is 2.88 bits per heavy atom. The summed E-state index contributed by atoms with van der Waals surface area (Å²) in [7, 11) is 1.29. The minimum absolute atomic E-state index is 0.149. The molecule has 0 saturated heterocycles. The van der Waals surface area contributed by atoms with E-state index in [0.29, 0.717) is 6.42 Å². The minimum atomic E-state index is -0.775. The summed E-state index contributed by atoms with van der Waals surface area (Å²) in [5.41, 5.74) is 1.71. The average Bonchev–Trinajstić information content (AvgIpc) is 3.20. The van der Waals surface area contributed by atoms with Crippen molar-refractivity contribution < 1.29 is 19.4 Å². The highest BCUT2D eigenvalue weighted by Crippen LogP contribution is 2.30. The standard InChI is InChI=1S/C17H19N3O4S/c1-24-16(23)14(8-11-2-4-13(21)5-3-11)19-15(22)9-12-10-25-17-18-6-7-20(12)17/h2-5,10,14,21H,6-9H2,1H3,(H,19,22). The van der Waals surface area contributed by atoms with Gasteiger partial charge in [0.15, 0.2) is 5.17 Å². The number of ether oxygens (including phenoxy) is 1. The van der Waals surface area contributed by atoms with Crippen LogP contribution < -0.4 is 5.32 Å². The van der Waals surface area contributed by atoms with Crippen LogP contribution >= 0.6 is 11.8 Å². The smallest absolute Gasteiger partial charge is 0.328 e. The number of nitrogens with one attached hydrogen (secondary N) is 1. The van der Waals surface area contributed by atoms with E-state index in [4.69, 9.17) is 4.74 Å². The second kappa shape index (κ2) is 7.60. The zero-order valence-electron chi connectivity index (χ0n) is 13.8. The Labute approximate surface area is 149 Å². The van der Waals surface area contributed by atoms with Crippen molar-refractivity contribution >= 4 is 28.8 Å². The number of methoxy groups -OCH3 is 1. The van der Waals surface area contributed by atoms with Crippen LogP contribution in [0.4, 0.5) is 0 Å². The molecule has 25 heavy (non-hydrogen) atoms. The van der Waals surface area contributed by atoms with Crippen molar-refractivity contribution in [2.24, 2.45) is 4.99 Å². The molecule has 1 atom stereocenters. The molecule has 3 rings (SSSR count). The highest BCUT2D eigenvalue weighted by Gasteiger charge is 2.29. The van der Waals surface area contributed by atoms with E-state index in [2.05, 4.69) is 10.3 Å². The number of esters is 1. The molecule has 1 unspecified atom stereocenters. The summed E-state index contributed by atoms with van der Waals surface area (Å²) in [6.45, 7) is 1.53. The molecule has 2 aliphatic heterocycles. The summed E-state index contributed by atoms with van der Waals surface area (Å²) in [4.78, 5) is 30.8.